The third kappa shape index (κ3) is 3.31. The topological polar surface area (TPSA) is 49.3 Å². The summed E-state index contributed by atoms with van der Waals surface area (Å²) in [4.78, 5) is 12.0. The van der Waals surface area contributed by atoms with E-state index in [9.17, 15) is 9.90 Å². The van der Waals surface area contributed by atoms with Gasteiger partial charge in [0.25, 0.3) is 5.91 Å². The summed E-state index contributed by atoms with van der Waals surface area (Å²) in [5.74, 6) is -0.542. The zero-order chi connectivity index (χ0) is 14.7. The van der Waals surface area contributed by atoms with E-state index in [2.05, 4.69) is 5.32 Å². The van der Waals surface area contributed by atoms with E-state index < -0.39 is 12.0 Å². The Morgan fingerprint density at radius 1 is 1.15 bits per heavy atom. The molecule has 5 heteroatoms. The fourth-order valence-corrected chi connectivity index (χ4v) is 2.13. The fraction of sp³-hybridized carbons (Fsp3) is 0.133. The van der Waals surface area contributed by atoms with Crippen molar-refractivity contribution >= 4 is 34.8 Å². The number of aliphatic hydroxyl groups is 1. The van der Waals surface area contributed by atoms with Crippen LogP contribution < -0.4 is 5.32 Å². The van der Waals surface area contributed by atoms with E-state index in [1.165, 1.54) is 0 Å². The van der Waals surface area contributed by atoms with Crippen LogP contribution in [-0.2, 0) is 4.79 Å². The van der Waals surface area contributed by atoms with Gasteiger partial charge in [0.05, 0.1) is 0 Å². The van der Waals surface area contributed by atoms with Crippen molar-refractivity contribution in [2.24, 2.45) is 0 Å². The number of carbonyl (C=O) groups is 1. The lowest BCUT2D eigenvalue weighted by Crippen LogP contribution is -2.21. The van der Waals surface area contributed by atoms with E-state index in [0.717, 1.165) is 5.56 Å². The number of anilines is 1. The molecular formula is C15H13Cl2NO2. The number of amides is 1. The molecule has 2 aromatic rings. The molecule has 0 saturated carbocycles. The summed E-state index contributed by atoms with van der Waals surface area (Å²) in [6.45, 7) is 1.84. The first-order valence-corrected chi connectivity index (χ1v) is 6.74. The predicted molar refractivity (Wildman–Crippen MR) is 81.2 cm³/mol. The van der Waals surface area contributed by atoms with Crippen LogP contribution >= 0.6 is 23.2 Å². The fourth-order valence-electron chi connectivity index (χ4n) is 1.77. The van der Waals surface area contributed by atoms with Gasteiger partial charge < -0.3 is 10.4 Å². The van der Waals surface area contributed by atoms with Gasteiger partial charge in [-0.3, -0.25) is 4.79 Å². The highest BCUT2D eigenvalue weighted by molar-refractivity contribution is 6.32. The Morgan fingerprint density at radius 3 is 2.50 bits per heavy atom. The Bertz CT molecular complexity index is 644. The molecule has 0 fully saturated rings. The molecule has 0 radical (unpaired) electrons. The Balaban J connectivity index is 2.15. The summed E-state index contributed by atoms with van der Waals surface area (Å²) in [6, 6.07) is 11.8. The number of nitrogens with one attached hydrogen (secondary N) is 1. The van der Waals surface area contributed by atoms with Crippen LogP contribution in [0.15, 0.2) is 42.5 Å². The number of halogens is 2. The van der Waals surface area contributed by atoms with E-state index in [1.807, 2.05) is 6.92 Å². The van der Waals surface area contributed by atoms with Crippen molar-refractivity contribution in [2.75, 3.05) is 5.32 Å². The van der Waals surface area contributed by atoms with E-state index >= 15 is 0 Å². The first-order valence-electron chi connectivity index (χ1n) is 5.98. The van der Waals surface area contributed by atoms with Gasteiger partial charge in [-0.2, -0.15) is 0 Å². The van der Waals surface area contributed by atoms with Gasteiger partial charge in [-0.05, 0) is 36.8 Å². The molecule has 1 unspecified atom stereocenters. The van der Waals surface area contributed by atoms with Gasteiger partial charge in [0.2, 0.25) is 0 Å². The molecule has 0 aromatic heterocycles. The molecule has 2 aromatic carbocycles. The van der Waals surface area contributed by atoms with Gasteiger partial charge in [-0.15, -0.1) is 0 Å². The summed E-state index contributed by atoms with van der Waals surface area (Å²) in [7, 11) is 0. The van der Waals surface area contributed by atoms with Crippen LogP contribution in [0, 0.1) is 6.92 Å². The molecule has 0 aliphatic carbocycles. The lowest BCUT2D eigenvalue weighted by atomic mass is 10.1. The monoisotopic (exact) mass is 309 g/mol. The van der Waals surface area contributed by atoms with Crippen LogP contribution in [0.25, 0.3) is 0 Å². The Kier molecular flexibility index (Phi) is 4.65. The number of hydrogen-bond donors (Lipinski definition) is 2. The molecule has 20 heavy (non-hydrogen) atoms. The molecule has 1 atom stereocenters. The first-order chi connectivity index (χ1) is 9.49. The number of rotatable bonds is 3. The zero-order valence-corrected chi connectivity index (χ0v) is 12.2. The minimum absolute atomic E-state index is 0.349. The third-order valence-corrected chi connectivity index (χ3v) is 3.64. The summed E-state index contributed by atoms with van der Waals surface area (Å²) in [5.41, 5.74) is 1.79. The number of aryl methyl sites for hydroxylation is 1. The smallest absolute Gasteiger partial charge is 0.257 e. The normalized spacial score (nSPS) is 12.0. The average molecular weight is 310 g/mol. The van der Waals surface area contributed by atoms with Gasteiger partial charge in [0, 0.05) is 21.3 Å². The van der Waals surface area contributed by atoms with Gasteiger partial charge in [-0.1, -0.05) is 41.4 Å². The molecule has 0 aliphatic heterocycles. The van der Waals surface area contributed by atoms with Gasteiger partial charge in [0.1, 0.15) is 0 Å². The molecule has 0 aliphatic rings. The van der Waals surface area contributed by atoms with Gasteiger partial charge in [-0.25, -0.2) is 0 Å². The zero-order valence-electron chi connectivity index (χ0n) is 10.7. The van der Waals surface area contributed by atoms with Crippen LogP contribution in [0.5, 0.6) is 0 Å². The molecule has 1 amide bonds. The standard InChI is InChI=1S/C15H13Cl2NO2/c1-9-8-10(6-7-12(9)16)18-15(20)14(19)11-4-2-3-5-13(11)17/h2-8,14,19H,1H3,(H,18,20). The van der Waals surface area contributed by atoms with Gasteiger partial charge in [0.15, 0.2) is 6.10 Å². The number of hydrogen-bond acceptors (Lipinski definition) is 2. The number of aliphatic hydroxyl groups excluding tert-OH is 1. The van der Waals surface area contributed by atoms with Crippen molar-refractivity contribution in [2.45, 2.75) is 13.0 Å². The summed E-state index contributed by atoms with van der Waals surface area (Å²) in [6.07, 6.45) is -1.32. The molecule has 104 valence electrons. The lowest BCUT2D eigenvalue weighted by molar-refractivity contribution is -0.124. The van der Waals surface area contributed by atoms with Crippen LogP contribution in [0.2, 0.25) is 10.0 Å². The first kappa shape index (κ1) is 14.9. The SMILES string of the molecule is Cc1cc(NC(=O)C(O)c2ccccc2Cl)ccc1Cl. The molecule has 0 saturated heterocycles. The molecule has 0 spiro atoms. The second-order valence-corrected chi connectivity index (χ2v) is 5.19. The molecule has 0 heterocycles. The Hall–Kier alpha value is -1.55. The highest BCUT2D eigenvalue weighted by atomic mass is 35.5. The lowest BCUT2D eigenvalue weighted by Gasteiger charge is -2.13. The maximum absolute atomic E-state index is 12.0. The Labute approximate surface area is 127 Å². The van der Waals surface area contributed by atoms with Crippen molar-refractivity contribution in [1.82, 2.24) is 0 Å². The molecule has 2 N–H and O–H groups in total. The van der Waals surface area contributed by atoms with E-state index in [4.69, 9.17) is 23.2 Å². The van der Waals surface area contributed by atoms with Crippen LogP contribution in [-0.4, -0.2) is 11.0 Å². The van der Waals surface area contributed by atoms with E-state index in [-0.39, 0.29) is 0 Å². The highest BCUT2D eigenvalue weighted by Crippen LogP contribution is 2.25. The quantitative estimate of drug-likeness (QED) is 0.901. The van der Waals surface area contributed by atoms with Crippen molar-refractivity contribution in [3.63, 3.8) is 0 Å². The number of carbonyl (C=O) groups excluding carboxylic acids is 1. The summed E-state index contributed by atoms with van der Waals surface area (Å²) in [5, 5.41) is 13.6. The number of benzene rings is 2. The van der Waals surface area contributed by atoms with Crippen LogP contribution in [0.1, 0.15) is 17.2 Å². The summed E-state index contributed by atoms with van der Waals surface area (Å²) < 4.78 is 0. The van der Waals surface area contributed by atoms with E-state index in [1.54, 1.807) is 42.5 Å². The minimum Gasteiger partial charge on any atom is -0.378 e. The van der Waals surface area contributed by atoms with Crippen LogP contribution in [0.4, 0.5) is 5.69 Å². The Morgan fingerprint density at radius 2 is 1.85 bits per heavy atom. The molecule has 0 bridgehead atoms. The summed E-state index contributed by atoms with van der Waals surface area (Å²) >= 11 is 11.9. The third-order valence-electron chi connectivity index (χ3n) is 2.87. The largest absolute Gasteiger partial charge is 0.378 e. The van der Waals surface area contributed by atoms with Crippen LogP contribution in [0.3, 0.4) is 0 Å². The highest BCUT2D eigenvalue weighted by Gasteiger charge is 2.19. The van der Waals surface area contributed by atoms with E-state index in [0.29, 0.717) is 21.3 Å². The van der Waals surface area contributed by atoms with Gasteiger partial charge >= 0.3 is 0 Å². The molecule has 2 rings (SSSR count). The molecule has 3 nitrogen and oxygen atoms in total. The predicted octanol–water partition coefficient (Wildman–Crippen LogP) is 3.97. The van der Waals surface area contributed by atoms with Crippen molar-refractivity contribution in [1.29, 1.82) is 0 Å². The average Bonchev–Trinajstić information content (AvgIpc) is 2.42. The minimum atomic E-state index is -1.32. The molecular weight excluding hydrogens is 297 g/mol. The second-order valence-electron chi connectivity index (χ2n) is 4.38. The van der Waals surface area contributed by atoms with Crippen molar-refractivity contribution in [3.05, 3.63) is 63.6 Å². The van der Waals surface area contributed by atoms with Crippen molar-refractivity contribution in [3.8, 4) is 0 Å². The van der Waals surface area contributed by atoms with Crippen molar-refractivity contribution < 1.29 is 9.90 Å². The maximum atomic E-state index is 12.0. The maximum Gasteiger partial charge on any atom is 0.257 e. The second kappa shape index (κ2) is 6.27.